The summed E-state index contributed by atoms with van der Waals surface area (Å²) in [6.45, 7) is 8.39. The van der Waals surface area contributed by atoms with Crippen LogP contribution < -0.4 is 9.80 Å². The Morgan fingerprint density at radius 2 is 1.57 bits per heavy atom. The number of quaternary nitrogens is 2. The summed E-state index contributed by atoms with van der Waals surface area (Å²) in [5.41, 5.74) is 3.45. The first kappa shape index (κ1) is 21.0. The van der Waals surface area contributed by atoms with Crippen molar-refractivity contribution in [3.63, 3.8) is 0 Å². The summed E-state index contributed by atoms with van der Waals surface area (Å²) in [7, 11) is 0. The molecule has 2 aromatic carbocycles. The molecule has 1 fully saturated rings. The monoisotopic (exact) mass is 386 g/mol. The maximum Gasteiger partial charge on any atom is 0.127 e. The fourth-order valence-corrected chi connectivity index (χ4v) is 4.04. The zero-order valence-corrected chi connectivity index (χ0v) is 16.8. The molecule has 0 spiro atoms. The van der Waals surface area contributed by atoms with E-state index in [0.29, 0.717) is 13.2 Å². The van der Waals surface area contributed by atoms with Crippen molar-refractivity contribution in [2.24, 2.45) is 0 Å². The maximum absolute atomic E-state index is 10.6. The van der Waals surface area contributed by atoms with Gasteiger partial charge in [-0.15, -0.1) is 0 Å². The summed E-state index contributed by atoms with van der Waals surface area (Å²) in [5, 5.41) is 19.7. The van der Waals surface area contributed by atoms with Gasteiger partial charge in [-0.1, -0.05) is 54.6 Å². The molecule has 152 valence electrons. The standard InChI is InChI=1S/C23H32N2O3/c1-19-7-5-6-10-22(19)23(20-8-3-2-4-9-20)28-18-21(27)17-25-13-11-24(12-14-25)15-16-26/h2-10,21,23,26-27H,11-18H2,1H3/p+2/t21-,23+/m1/s1. The molecular formula is C23H34N2O3+2. The molecule has 0 amide bonds. The first-order valence-electron chi connectivity index (χ1n) is 10.4. The Labute approximate surface area is 168 Å². The van der Waals surface area contributed by atoms with Crippen molar-refractivity contribution in [3.8, 4) is 0 Å². The van der Waals surface area contributed by atoms with Crippen molar-refractivity contribution in [1.82, 2.24) is 0 Å². The number of nitrogens with one attached hydrogen (secondary N) is 2. The topological polar surface area (TPSA) is 58.6 Å². The summed E-state index contributed by atoms with van der Waals surface area (Å²) < 4.78 is 6.26. The van der Waals surface area contributed by atoms with Crippen LogP contribution in [-0.2, 0) is 4.74 Å². The Kier molecular flexibility index (Phi) is 8.01. The molecule has 5 nitrogen and oxygen atoms in total. The number of rotatable bonds is 9. The zero-order chi connectivity index (χ0) is 19.8. The van der Waals surface area contributed by atoms with E-state index in [9.17, 15) is 5.11 Å². The maximum atomic E-state index is 10.6. The van der Waals surface area contributed by atoms with Gasteiger partial charge in [0.2, 0.25) is 0 Å². The van der Waals surface area contributed by atoms with Gasteiger partial charge in [-0.05, 0) is 23.6 Å². The van der Waals surface area contributed by atoms with Crippen molar-refractivity contribution >= 4 is 0 Å². The summed E-state index contributed by atoms with van der Waals surface area (Å²) in [5.74, 6) is 0. The zero-order valence-electron chi connectivity index (χ0n) is 16.8. The molecule has 1 aliphatic heterocycles. The summed E-state index contributed by atoms with van der Waals surface area (Å²) in [4.78, 5) is 2.88. The molecular weight excluding hydrogens is 352 g/mol. The molecule has 0 radical (unpaired) electrons. The first-order valence-corrected chi connectivity index (χ1v) is 10.4. The molecule has 0 aliphatic carbocycles. The molecule has 1 aliphatic rings. The van der Waals surface area contributed by atoms with E-state index in [1.165, 1.54) is 15.4 Å². The van der Waals surface area contributed by atoms with Gasteiger partial charge in [0.05, 0.1) is 13.2 Å². The van der Waals surface area contributed by atoms with Gasteiger partial charge in [-0.25, -0.2) is 0 Å². The van der Waals surface area contributed by atoms with Crippen LogP contribution in [0.2, 0.25) is 0 Å². The number of aliphatic hydroxyl groups excluding tert-OH is 2. The minimum atomic E-state index is -0.482. The van der Waals surface area contributed by atoms with E-state index < -0.39 is 6.10 Å². The summed E-state index contributed by atoms with van der Waals surface area (Å²) in [6.07, 6.45) is -0.650. The Hall–Kier alpha value is -1.76. The number of benzene rings is 2. The number of hydrogen-bond acceptors (Lipinski definition) is 3. The third-order valence-electron chi connectivity index (χ3n) is 5.68. The van der Waals surface area contributed by atoms with Gasteiger partial charge in [0.15, 0.2) is 0 Å². The van der Waals surface area contributed by atoms with E-state index in [1.807, 2.05) is 30.3 Å². The molecule has 1 saturated heterocycles. The number of piperazine rings is 1. The highest BCUT2D eigenvalue weighted by Crippen LogP contribution is 2.28. The van der Waals surface area contributed by atoms with Gasteiger partial charge in [-0.3, -0.25) is 0 Å². The predicted octanol–water partition coefficient (Wildman–Crippen LogP) is -0.762. The Bertz CT molecular complexity index is 702. The van der Waals surface area contributed by atoms with Crippen molar-refractivity contribution < 1.29 is 24.7 Å². The van der Waals surface area contributed by atoms with E-state index >= 15 is 0 Å². The van der Waals surface area contributed by atoms with Gasteiger partial charge in [0.1, 0.15) is 51.5 Å². The van der Waals surface area contributed by atoms with E-state index in [0.717, 1.165) is 43.9 Å². The van der Waals surface area contributed by atoms with E-state index in [4.69, 9.17) is 9.84 Å². The van der Waals surface area contributed by atoms with Crippen LogP contribution >= 0.6 is 0 Å². The predicted molar refractivity (Wildman–Crippen MR) is 110 cm³/mol. The summed E-state index contributed by atoms with van der Waals surface area (Å²) in [6, 6.07) is 18.5. The van der Waals surface area contributed by atoms with Crippen LogP contribution in [-0.4, -0.2) is 68.8 Å². The average molecular weight is 387 g/mol. The highest BCUT2D eigenvalue weighted by molar-refractivity contribution is 5.35. The van der Waals surface area contributed by atoms with Gasteiger partial charge >= 0.3 is 0 Å². The van der Waals surface area contributed by atoms with Gasteiger partial charge in [0.25, 0.3) is 0 Å². The van der Waals surface area contributed by atoms with Crippen LogP contribution in [0.3, 0.4) is 0 Å². The van der Waals surface area contributed by atoms with Crippen LogP contribution in [0.15, 0.2) is 54.6 Å². The van der Waals surface area contributed by atoms with Gasteiger partial charge in [0, 0.05) is 0 Å². The van der Waals surface area contributed by atoms with E-state index in [-0.39, 0.29) is 12.7 Å². The average Bonchev–Trinajstić information content (AvgIpc) is 2.72. The number of aliphatic hydroxyl groups is 2. The van der Waals surface area contributed by atoms with Gasteiger partial charge < -0.3 is 24.7 Å². The Morgan fingerprint density at radius 3 is 2.25 bits per heavy atom. The highest BCUT2D eigenvalue weighted by atomic mass is 16.5. The molecule has 5 heteroatoms. The minimum absolute atomic E-state index is 0.169. The third kappa shape index (κ3) is 5.87. The van der Waals surface area contributed by atoms with Crippen LogP contribution in [0, 0.1) is 6.92 Å². The van der Waals surface area contributed by atoms with Crippen LogP contribution in [0.1, 0.15) is 22.8 Å². The molecule has 0 unspecified atom stereocenters. The van der Waals surface area contributed by atoms with Gasteiger partial charge in [-0.2, -0.15) is 0 Å². The molecule has 0 bridgehead atoms. The molecule has 0 aromatic heterocycles. The number of aryl methyl sites for hydroxylation is 1. The SMILES string of the molecule is Cc1ccccc1[C@@H](OC[C@H](O)C[NH+]1CC[NH+](CCO)CC1)c1ccccc1. The third-order valence-corrected chi connectivity index (χ3v) is 5.68. The second-order valence-corrected chi connectivity index (χ2v) is 7.81. The smallest absolute Gasteiger partial charge is 0.127 e. The normalized spacial score (nSPS) is 22.0. The molecule has 0 saturated carbocycles. The Balaban J connectivity index is 1.57. The number of hydrogen-bond donors (Lipinski definition) is 4. The Morgan fingerprint density at radius 1 is 0.929 bits per heavy atom. The van der Waals surface area contributed by atoms with Crippen LogP contribution in [0.25, 0.3) is 0 Å². The van der Waals surface area contributed by atoms with E-state index in [2.05, 4.69) is 31.2 Å². The minimum Gasteiger partial charge on any atom is -0.391 e. The molecule has 4 N–H and O–H groups in total. The van der Waals surface area contributed by atoms with Crippen molar-refractivity contribution in [3.05, 3.63) is 71.3 Å². The summed E-state index contributed by atoms with van der Waals surface area (Å²) >= 11 is 0. The quantitative estimate of drug-likeness (QED) is 0.458. The lowest BCUT2D eigenvalue weighted by molar-refractivity contribution is -1.01. The lowest BCUT2D eigenvalue weighted by Crippen LogP contribution is -3.28. The molecule has 28 heavy (non-hydrogen) atoms. The molecule has 2 atom stereocenters. The van der Waals surface area contributed by atoms with E-state index in [1.54, 1.807) is 0 Å². The lowest BCUT2D eigenvalue weighted by atomic mass is 9.97. The van der Waals surface area contributed by atoms with Crippen LogP contribution in [0.4, 0.5) is 0 Å². The molecule has 2 aromatic rings. The second kappa shape index (κ2) is 10.7. The van der Waals surface area contributed by atoms with Crippen LogP contribution in [0.5, 0.6) is 0 Å². The first-order chi connectivity index (χ1) is 13.7. The lowest BCUT2D eigenvalue weighted by Gasteiger charge is -2.30. The molecule has 1 heterocycles. The fourth-order valence-electron chi connectivity index (χ4n) is 4.04. The molecule has 3 rings (SSSR count). The van der Waals surface area contributed by atoms with Crippen molar-refractivity contribution in [1.29, 1.82) is 0 Å². The number of ether oxygens (including phenoxy) is 1. The van der Waals surface area contributed by atoms with Crippen molar-refractivity contribution in [2.75, 3.05) is 52.5 Å². The van der Waals surface area contributed by atoms with Crippen molar-refractivity contribution in [2.45, 2.75) is 19.1 Å². The second-order valence-electron chi connectivity index (χ2n) is 7.81. The largest absolute Gasteiger partial charge is 0.391 e. The fraction of sp³-hybridized carbons (Fsp3) is 0.478. The highest BCUT2D eigenvalue weighted by Gasteiger charge is 2.25.